The van der Waals surface area contributed by atoms with Crippen molar-refractivity contribution in [3.8, 4) is 0 Å². The second kappa shape index (κ2) is 6.55. The number of H-pyrrole nitrogens is 1. The molecule has 2 heterocycles. The fourth-order valence-corrected chi connectivity index (χ4v) is 2.43. The maximum absolute atomic E-state index is 12.5. The van der Waals surface area contributed by atoms with Gasteiger partial charge in [-0.15, -0.1) is 5.10 Å². The summed E-state index contributed by atoms with van der Waals surface area (Å²) in [5, 5.41) is 8.23. The highest BCUT2D eigenvalue weighted by Crippen LogP contribution is 2.26. The normalized spacial score (nSPS) is 11.8. The van der Waals surface area contributed by atoms with Crippen molar-refractivity contribution in [2.24, 2.45) is 0 Å². The fraction of sp³-hybridized carbons (Fsp3) is 0.267. The molecule has 0 spiro atoms. The number of anilines is 1. The molecule has 2 aromatic heterocycles. The number of amides is 1. The van der Waals surface area contributed by atoms with E-state index in [0.29, 0.717) is 13.2 Å². The molecule has 0 unspecified atom stereocenters. The predicted molar refractivity (Wildman–Crippen MR) is 83.2 cm³/mol. The molecular formula is C15H14F3N5O2. The maximum Gasteiger partial charge on any atom is 0.451 e. The molecule has 132 valence electrons. The summed E-state index contributed by atoms with van der Waals surface area (Å²) in [5.41, 5.74) is 1.09. The van der Waals surface area contributed by atoms with Gasteiger partial charge < -0.3 is 9.30 Å². The fourth-order valence-electron chi connectivity index (χ4n) is 2.43. The lowest BCUT2D eigenvalue weighted by atomic mass is 10.2. The van der Waals surface area contributed by atoms with Gasteiger partial charge in [0, 0.05) is 24.6 Å². The van der Waals surface area contributed by atoms with Crippen LogP contribution in [-0.2, 0) is 17.5 Å². The number of aromatic amines is 1. The van der Waals surface area contributed by atoms with Gasteiger partial charge in [0.15, 0.2) is 0 Å². The first kappa shape index (κ1) is 17.0. The highest BCUT2D eigenvalue weighted by molar-refractivity contribution is 6.05. The summed E-state index contributed by atoms with van der Waals surface area (Å²) < 4.78 is 44.4. The summed E-state index contributed by atoms with van der Waals surface area (Å²) >= 11 is 0. The largest absolute Gasteiger partial charge is 0.451 e. The molecule has 0 aliphatic heterocycles. The third kappa shape index (κ3) is 3.48. The monoisotopic (exact) mass is 353 g/mol. The van der Waals surface area contributed by atoms with E-state index in [9.17, 15) is 18.0 Å². The van der Waals surface area contributed by atoms with Crippen molar-refractivity contribution in [2.45, 2.75) is 12.7 Å². The van der Waals surface area contributed by atoms with E-state index in [1.54, 1.807) is 15.7 Å². The molecule has 3 aromatic rings. The van der Waals surface area contributed by atoms with E-state index >= 15 is 0 Å². The maximum atomic E-state index is 12.5. The minimum absolute atomic E-state index is 0.275. The number of rotatable bonds is 5. The molecule has 0 fully saturated rings. The first-order valence-corrected chi connectivity index (χ1v) is 7.28. The van der Waals surface area contributed by atoms with Crippen molar-refractivity contribution < 1.29 is 22.7 Å². The van der Waals surface area contributed by atoms with Crippen LogP contribution < -0.4 is 5.32 Å². The van der Waals surface area contributed by atoms with Gasteiger partial charge in [-0.05, 0) is 12.1 Å². The number of para-hydroxylation sites is 1. The molecule has 0 bridgehead atoms. The number of nitrogens with one attached hydrogen (secondary N) is 2. The van der Waals surface area contributed by atoms with Crippen LogP contribution in [-0.4, -0.2) is 39.4 Å². The Morgan fingerprint density at radius 2 is 2.12 bits per heavy atom. The Kier molecular flexibility index (Phi) is 4.45. The Labute approximate surface area is 139 Å². The number of alkyl halides is 3. The van der Waals surface area contributed by atoms with Gasteiger partial charge in [-0.1, -0.05) is 18.2 Å². The van der Waals surface area contributed by atoms with Crippen molar-refractivity contribution in [2.75, 3.05) is 19.0 Å². The van der Waals surface area contributed by atoms with Crippen molar-refractivity contribution in [1.82, 2.24) is 19.7 Å². The number of carbonyl (C=O) groups is 1. The van der Waals surface area contributed by atoms with Crippen molar-refractivity contribution in [3.05, 3.63) is 41.9 Å². The highest BCUT2D eigenvalue weighted by atomic mass is 19.4. The number of ether oxygens (including phenoxy) is 1. The summed E-state index contributed by atoms with van der Waals surface area (Å²) in [5.74, 6) is -2.33. The van der Waals surface area contributed by atoms with Gasteiger partial charge in [0.2, 0.25) is 11.8 Å². The van der Waals surface area contributed by atoms with Crippen LogP contribution in [0.3, 0.4) is 0 Å². The molecule has 7 nitrogen and oxygen atoms in total. The van der Waals surface area contributed by atoms with E-state index in [4.69, 9.17) is 4.74 Å². The van der Waals surface area contributed by atoms with Gasteiger partial charge in [-0.25, -0.2) is 0 Å². The Bertz CT molecular complexity index is 900. The number of hydrogen-bond donors (Lipinski definition) is 2. The van der Waals surface area contributed by atoms with Crippen LogP contribution in [0.4, 0.5) is 19.1 Å². The molecule has 1 amide bonds. The lowest BCUT2D eigenvalue weighted by molar-refractivity contribution is -0.144. The molecule has 0 atom stereocenters. The minimum atomic E-state index is -4.66. The van der Waals surface area contributed by atoms with Crippen LogP contribution in [0.25, 0.3) is 10.9 Å². The number of hydrogen-bond acceptors (Lipinski definition) is 4. The molecule has 25 heavy (non-hydrogen) atoms. The average Bonchev–Trinajstić information content (AvgIpc) is 3.17. The van der Waals surface area contributed by atoms with Gasteiger partial charge in [-0.3, -0.25) is 15.2 Å². The number of aromatic nitrogens is 4. The Balaban J connectivity index is 1.90. The highest BCUT2D eigenvalue weighted by Gasteiger charge is 2.35. The predicted octanol–water partition coefficient (Wildman–Crippen LogP) is 2.68. The van der Waals surface area contributed by atoms with E-state index in [2.05, 4.69) is 15.4 Å². The van der Waals surface area contributed by atoms with Gasteiger partial charge in [0.05, 0.1) is 6.61 Å². The third-order valence-corrected chi connectivity index (χ3v) is 3.54. The second-order valence-electron chi connectivity index (χ2n) is 5.19. The molecule has 0 aliphatic rings. The van der Waals surface area contributed by atoms with E-state index in [-0.39, 0.29) is 5.69 Å². The van der Waals surface area contributed by atoms with Gasteiger partial charge in [0.25, 0.3) is 5.91 Å². The van der Waals surface area contributed by atoms with Crippen molar-refractivity contribution >= 4 is 22.8 Å². The van der Waals surface area contributed by atoms with Crippen LogP contribution >= 0.6 is 0 Å². The summed E-state index contributed by atoms with van der Waals surface area (Å²) in [4.78, 5) is 15.7. The topological polar surface area (TPSA) is 84.8 Å². The number of carbonyl (C=O) groups excluding carboxylic acids is 1. The zero-order chi connectivity index (χ0) is 18.0. The molecule has 10 heteroatoms. The molecule has 2 N–H and O–H groups in total. The standard InChI is InChI=1S/C15H14F3N5O2/c1-25-7-6-23-10-5-3-2-4-9(10)8-11(23)12(24)19-14-20-13(21-22-14)15(16,17)18/h2-5,8H,6-7H2,1H3,(H2,19,20,21,22,24). The van der Waals surface area contributed by atoms with Crippen molar-refractivity contribution in [3.63, 3.8) is 0 Å². The lowest BCUT2D eigenvalue weighted by Crippen LogP contribution is -2.19. The Morgan fingerprint density at radius 3 is 2.80 bits per heavy atom. The number of fused-ring (bicyclic) bond motifs is 1. The molecule has 3 rings (SSSR count). The van der Waals surface area contributed by atoms with E-state index < -0.39 is 23.9 Å². The smallest absolute Gasteiger partial charge is 0.383 e. The van der Waals surface area contributed by atoms with E-state index in [0.717, 1.165) is 10.9 Å². The Hall–Kier alpha value is -2.88. The molecule has 0 saturated heterocycles. The first-order chi connectivity index (χ1) is 11.9. The Morgan fingerprint density at radius 1 is 1.36 bits per heavy atom. The number of benzene rings is 1. The first-order valence-electron chi connectivity index (χ1n) is 7.28. The summed E-state index contributed by atoms with van der Waals surface area (Å²) in [6.07, 6.45) is -4.66. The molecule has 0 radical (unpaired) electrons. The van der Waals surface area contributed by atoms with Crippen LogP contribution in [0.1, 0.15) is 16.3 Å². The second-order valence-corrected chi connectivity index (χ2v) is 5.19. The number of methoxy groups -OCH3 is 1. The molecular weight excluding hydrogens is 339 g/mol. The van der Waals surface area contributed by atoms with Crippen LogP contribution in [0, 0.1) is 0 Å². The van der Waals surface area contributed by atoms with Crippen molar-refractivity contribution in [1.29, 1.82) is 0 Å². The van der Waals surface area contributed by atoms with Gasteiger partial charge in [0.1, 0.15) is 5.69 Å². The molecule has 1 aromatic carbocycles. The zero-order valence-electron chi connectivity index (χ0n) is 13.1. The molecule has 0 aliphatic carbocycles. The number of nitrogens with zero attached hydrogens (tertiary/aromatic N) is 3. The summed E-state index contributed by atoms with van der Waals surface area (Å²) in [6.45, 7) is 0.784. The van der Waals surface area contributed by atoms with Gasteiger partial charge >= 0.3 is 6.18 Å². The average molecular weight is 353 g/mol. The van der Waals surface area contributed by atoms with Crippen LogP contribution in [0.5, 0.6) is 0 Å². The van der Waals surface area contributed by atoms with Crippen LogP contribution in [0.15, 0.2) is 30.3 Å². The SMILES string of the molecule is COCCn1c(C(=O)Nc2n[nH]c(C(F)(F)F)n2)cc2ccccc21. The van der Waals surface area contributed by atoms with Crippen LogP contribution in [0.2, 0.25) is 0 Å². The zero-order valence-corrected chi connectivity index (χ0v) is 13.1. The van der Waals surface area contributed by atoms with E-state index in [1.165, 1.54) is 7.11 Å². The van der Waals surface area contributed by atoms with E-state index in [1.807, 2.05) is 24.3 Å². The summed E-state index contributed by atoms with van der Waals surface area (Å²) in [6, 6.07) is 8.99. The quantitative estimate of drug-likeness (QED) is 0.739. The number of halogens is 3. The molecule has 0 saturated carbocycles. The summed E-state index contributed by atoms with van der Waals surface area (Å²) in [7, 11) is 1.54. The third-order valence-electron chi connectivity index (χ3n) is 3.54. The lowest BCUT2D eigenvalue weighted by Gasteiger charge is -2.09. The minimum Gasteiger partial charge on any atom is -0.383 e. The van der Waals surface area contributed by atoms with Gasteiger partial charge in [-0.2, -0.15) is 18.2 Å².